The van der Waals surface area contributed by atoms with Crippen molar-refractivity contribution >= 4 is 11.8 Å². The van der Waals surface area contributed by atoms with Gasteiger partial charge in [-0.3, -0.25) is 9.59 Å². The molecule has 1 atom stereocenters. The Bertz CT molecular complexity index is 936. The van der Waals surface area contributed by atoms with Gasteiger partial charge in [0.25, 0.3) is 5.91 Å². The van der Waals surface area contributed by atoms with Gasteiger partial charge in [0.1, 0.15) is 17.5 Å². The van der Waals surface area contributed by atoms with Crippen LogP contribution in [-0.4, -0.2) is 42.5 Å². The van der Waals surface area contributed by atoms with E-state index in [4.69, 9.17) is 9.47 Å². The second-order valence-electron chi connectivity index (χ2n) is 9.41. The summed E-state index contributed by atoms with van der Waals surface area (Å²) < 4.78 is 11.1. The lowest BCUT2D eigenvalue weighted by Gasteiger charge is -2.31. The van der Waals surface area contributed by atoms with Crippen molar-refractivity contribution in [2.75, 3.05) is 13.7 Å². The number of hydrogen-bond acceptors (Lipinski definition) is 4. The lowest BCUT2D eigenvalue weighted by atomic mass is 9.95. The molecule has 1 saturated carbocycles. The molecule has 0 saturated heterocycles. The fourth-order valence-electron chi connectivity index (χ4n) is 4.30. The molecule has 1 aliphatic rings. The van der Waals surface area contributed by atoms with Crippen LogP contribution in [0.25, 0.3) is 0 Å². The maximum atomic E-state index is 13.3. The van der Waals surface area contributed by atoms with Gasteiger partial charge in [0.15, 0.2) is 6.61 Å². The first kappa shape index (κ1) is 25.6. The normalized spacial score (nSPS) is 15.0. The number of nitrogens with one attached hydrogen (secondary N) is 1. The smallest absolute Gasteiger partial charge is 0.261 e. The zero-order valence-electron chi connectivity index (χ0n) is 20.9. The number of hydrogen-bond donors (Lipinski definition) is 1. The zero-order valence-corrected chi connectivity index (χ0v) is 20.9. The molecule has 1 aliphatic carbocycles. The summed E-state index contributed by atoms with van der Waals surface area (Å²) in [4.78, 5) is 27.9. The summed E-state index contributed by atoms with van der Waals surface area (Å²) in [5.41, 5.74) is 2.11. The van der Waals surface area contributed by atoms with E-state index in [2.05, 4.69) is 19.2 Å². The molecule has 0 heterocycles. The summed E-state index contributed by atoms with van der Waals surface area (Å²) in [6.45, 7) is 6.22. The summed E-state index contributed by atoms with van der Waals surface area (Å²) in [6.07, 6.45) is 5.48. The molecule has 2 amide bonds. The van der Waals surface area contributed by atoms with Crippen molar-refractivity contribution in [1.29, 1.82) is 0 Å². The first-order chi connectivity index (χ1) is 16.4. The topological polar surface area (TPSA) is 67.9 Å². The van der Waals surface area contributed by atoms with Crippen molar-refractivity contribution in [3.63, 3.8) is 0 Å². The molecule has 2 aromatic rings. The van der Waals surface area contributed by atoms with Crippen molar-refractivity contribution in [3.05, 3.63) is 59.7 Å². The molecule has 0 bridgehead atoms. The standard InChI is InChI=1S/C28H38N2O4/c1-20(2)23-13-15-25(16-14-23)34-19-27(31)30(18-22-9-8-12-26(17-22)33-4)21(3)28(32)29-24-10-6-5-7-11-24/h8-9,12-17,20-21,24H,5-7,10-11,18-19H2,1-4H3,(H,29,32)/t21-/m1/s1. The van der Waals surface area contributed by atoms with Crippen LogP contribution < -0.4 is 14.8 Å². The number of rotatable bonds is 10. The minimum Gasteiger partial charge on any atom is -0.497 e. The van der Waals surface area contributed by atoms with Crippen molar-refractivity contribution in [1.82, 2.24) is 10.2 Å². The molecule has 0 aliphatic heterocycles. The third-order valence-corrected chi connectivity index (χ3v) is 6.51. The van der Waals surface area contributed by atoms with Crippen LogP contribution >= 0.6 is 0 Å². The highest BCUT2D eigenvalue weighted by molar-refractivity contribution is 5.88. The number of carbonyl (C=O) groups excluding carboxylic acids is 2. The Morgan fingerprint density at radius 3 is 2.35 bits per heavy atom. The molecule has 184 valence electrons. The highest BCUT2D eigenvalue weighted by Gasteiger charge is 2.28. The van der Waals surface area contributed by atoms with E-state index < -0.39 is 6.04 Å². The van der Waals surface area contributed by atoms with Gasteiger partial charge in [-0.2, -0.15) is 0 Å². The quantitative estimate of drug-likeness (QED) is 0.531. The van der Waals surface area contributed by atoms with Crippen LogP contribution in [0.3, 0.4) is 0 Å². The summed E-state index contributed by atoms with van der Waals surface area (Å²) in [6, 6.07) is 14.9. The van der Waals surface area contributed by atoms with Gasteiger partial charge in [0.05, 0.1) is 7.11 Å². The molecule has 34 heavy (non-hydrogen) atoms. The Labute approximate surface area is 203 Å². The van der Waals surface area contributed by atoms with Gasteiger partial charge in [-0.25, -0.2) is 0 Å². The van der Waals surface area contributed by atoms with Gasteiger partial charge in [-0.1, -0.05) is 57.4 Å². The molecule has 3 rings (SSSR count). The molecule has 0 unspecified atom stereocenters. The van der Waals surface area contributed by atoms with Gasteiger partial charge < -0.3 is 19.7 Å². The molecule has 1 fully saturated rings. The van der Waals surface area contributed by atoms with Crippen molar-refractivity contribution in [3.8, 4) is 11.5 Å². The number of methoxy groups -OCH3 is 1. The van der Waals surface area contributed by atoms with Crippen molar-refractivity contribution in [2.45, 2.75) is 77.4 Å². The van der Waals surface area contributed by atoms with Crippen LogP contribution in [0.1, 0.15) is 69.9 Å². The lowest BCUT2D eigenvalue weighted by Crippen LogP contribution is -2.51. The second-order valence-corrected chi connectivity index (χ2v) is 9.41. The maximum Gasteiger partial charge on any atom is 0.261 e. The van der Waals surface area contributed by atoms with E-state index in [0.29, 0.717) is 24.0 Å². The molecule has 0 spiro atoms. The molecule has 1 N–H and O–H groups in total. The monoisotopic (exact) mass is 466 g/mol. The van der Waals surface area contributed by atoms with Crippen LogP contribution in [0.5, 0.6) is 11.5 Å². The van der Waals surface area contributed by atoms with Gasteiger partial charge in [-0.05, 0) is 61.1 Å². The summed E-state index contributed by atoms with van der Waals surface area (Å²) >= 11 is 0. The van der Waals surface area contributed by atoms with Gasteiger partial charge >= 0.3 is 0 Å². The number of ether oxygens (including phenoxy) is 2. The highest BCUT2D eigenvalue weighted by Crippen LogP contribution is 2.21. The first-order valence-corrected chi connectivity index (χ1v) is 12.3. The zero-order chi connectivity index (χ0) is 24.5. The van der Waals surface area contributed by atoms with Crippen LogP contribution in [0.2, 0.25) is 0 Å². The minimum atomic E-state index is -0.618. The summed E-state index contributed by atoms with van der Waals surface area (Å²) in [7, 11) is 1.61. The Kier molecular flexibility index (Phi) is 9.37. The average molecular weight is 467 g/mol. The average Bonchev–Trinajstić information content (AvgIpc) is 2.86. The molecular weight excluding hydrogens is 428 g/mol. The van der Waals surface area contributed by atoms with Gasteiger partial charge in [0.2, 0.25) is 5.91 Å². The lowest BCUT2D eigenvalue weighted by molar-refractivity contribution is -0.142. The van der Waals surface area contributed by atoms with E-state index in [-0.39, 0.29) is 24.5 Å². The Balaban J connectivity index is 1.70. The molecular formula is C28H38N2O4. The van der Waals surface area contributed by atoms with Crippen molar-refractivity contribution in [2.24, 2.45) is 0 Å². The molecule has 0 radical (unpaired) electrons. The molecule has 6 heteroatoms. The third-order valence-electron chi connectivity index (χ3n) is 6.51. The third kappa shape index (κ3) is 7.24. The largest absolute Gasteiger partial charge is 0.497 e. The molecule has 0 aromatic heterocycles. The van der Waals surface area contributed by atoms with Crippen LogP contribution in [-0.2, 0) is 16.1 Å². The summed E-state index contributed by atoms with van der Waals surface area (Å²) in [5.74, 6) is 1.42. The fourth-order valence-corrected chi connectivity index (χ4v) is 4.30. The van der Waals surface area contributed by atoms with E-state index in [1.807, 2.05) is 48.5 Å². The highest BCUT2D eigenvalue weighted by atomic mass is 16.5. The predicted octanol–water partition coefficient (Wildman–Crippen LogP) is 5.06. The van der Waals surface area contributed by atoms with Crippen molar-refractivity contribution < 1.29 is 19.1 Å². The second kappa shape index (κ2) is 12.4. The maximum absolute atomic E-state index is 13.3. The van der Waals surface area contributed by atoms with E-state index in [1.165, 1.54) is 12.0 Å². The van der Waals surface area contributed by atoms with E-state index in [1.54, 1.807) is 18.9 Å². The van der Waals surface area contributed by atoms with Crippen LogP contribution in [0.15, 0.2) is 48.5 Å². The predicted molar refractivity (Wildman–Crippen MR) is 134 cm³/mol. The summed E-state index contributed by atoms with van der Waals surface area (Å²) in [5, 5.41) is 3.15. The van der Waals surface area contributed by atoms with Gasteiger partial charge in [0, 0.05) is 12.6 Å². The van der Waals surface area contributed by atoms with E-state index in [0.717, 1.165) is 31.2 Å². The van der Waals surface area contributed by atoms with Gasteiger partial charge in [-0.15, -0.1) is 0 Å². The molecule has 2 aromatic carbocycles. The van der Waals surface area contributed by atoms with Crippen LogP contribution in [0, 0.1) is 0 Å². The first-order valence-electron chi connectivity index (χ1n) is 12.3. The SMILES string of the molecule is COc1cccc(CN(C(=O)COc2ccc(C(C)C)cc2)[C@H](C)C(=O)NC2CCCCC2)c1. The number of benzene rings is 2. The number of nitrogens with zero attached hydrogens (tertiary/aromatic N) is 1. The van der Waals surface area contributed by atoms with E-state index in [9.17, 15) is 9.59 Å². The molecule has 6 nitrogen and oxygen atoms in total. The fraction of sp³-hybridized carbons (Fsp3) is 0.500. The Morgan fingerprint density at radius 1 is 1.00 bits per heavy atom. The van der Waals surface area contributed by atoms with E-state index >= 15 is 0 Å². The Morgan fingerprint density at radius 2 is 1.71 bits per heavy atom. The number of amides is 2. The number of carbonyl (C=O) groups is 2. The van der Waals surface area contributed by atoms with Crippen LogP contribution in [0.4, 0.5) is 0 Å². The minimum absolute atomic E-state index is 0.121. The Hall–Kier alpha value is -3.02.